The van der Waals surface area contributed by atoms with Crippen molar-refractivity contribution in [2.75, 3.05) is 19.8 Å². The second-order valence-corrected chi connectivity index (χ2v) is 7.72. The average molecular weight is 429 g/mol. The minimum absolute atomic E-state index is 0.198. The first-order valence-electron chi connectivity index (χ1n) is 10.9. The summed E-state index contributed by atoms with van der Waals surface area (Å²) in [5.41, 5.74) is 2.31. The van der Waals surface area contributed by atoms with Crippen molar-refractivity contribution < 1.29 is 18.9 Å². The summed E-state index contributed by atoms with van der Waals surface area (Å²) in [5.74, 6) is 2.52. The zero-order valence-electron chi connectivity index (χ0n) is 18.2. The molecule has 3 aromatic rings. The topological polar surface area (TPSA) is 36.9 Å². The second-order valence-electron chi connectivity index (χ2n) is 7.72. The molecule has 4 rings (SSSR count). The van der Waals surface area contributed by atoms with Crippen molar-refractivity contribution in [3.8, 4) is 12.3 Å². The molecule has 0 radical (unpaired) electrons. The molecule has 0 aromatic heterocycles. The molecule has 1 aliphatic rings. The SMILES string of the molecule is C#CCO[C@@H]1COC(C)O[C@H]1COC(c1ccccc1)(c1ccccc1)c1ccccc1. The van der Waals surface area contributed by atoms with Crippen LogP contribution in [0.4, 0.5) is 0 Å². The maximum absolute atomic E-state index is 6.87. The van der Waals surface area contributed by atoms with E-state index >= 15 is 0 Å². The average Bonchev–Trinajstić information content (AvgIpc) is 2.86. The van der Waals surface area contributed by atoms with Crippen LogP contribution in [-0.4, -0.2) is 38.3 Å². The molecule has 3 atom stereocenters. The summed E-state index contributed by atoms with van der Waals surface area (Å²) < 4.78 is 24.4. The summed E-state index contributed by atoms with van der Waals surface area (Å²) in [4.78, 5) is 0. The number of terminal acetylenes is 1. The molecule has 4 heteroatoms. The summed E-state index contributed by atoms with van der Waals surface area (Å²) in [7, 11) is 0. The molecule has 1 saturated heterocycles. The van der Waals surface area contributed by atoms with E-state index in [1.54, 1.807) is 0 Å². The van der Waals surface area contributed by atoms with Crippen LogP contribution in [0.5, 0.6) is 0 Å². The van der Waals surface area contributed by atoms with Crippen LogP contribution in [0.1, 0.15) is 23.6 Å². The van der Waals surface area contributed by atoms with E-state index in [0.29, 0.717) is 13.2 Å². The Hall–Kier alpha value is -2.94. The summed E-state index contributed by atoms with van der Waals surface area (Å²) in [6.07, 6.45) is 4.44. The van der Waals surface area contributed by atoms with Crippen molar-refractivity contribution in [1.29, 1.82) is 0 Å². The Morgan fingerprint density at radius 3 is 1.84 bits per heavy atom. The fraction of sp³-hybridized carbons (Fsp3) is 0.286. The maximum atomic E-state index is 6.87. The van der Waals surface area contributed by atoms with Gasteiger partial charge < -0.3 is 18.9 Å². The summed E-state index contributed by atoms with van der Waals surface area (Å²) in [6.45, 7) is 2.79. The van der Waals surface area contributed by atoms with E-state index in [1.165, 1.54) is 0 Å². The van der Waals surface area contributed by atoms with Gasteiger partial charge in [0.2, 0.25) is 0 Å². The van der Waals surface area contributed by atoms with Crippen LogP contribution in [0.3, 0.4) is 0 Å². The fourth-order valence-electron chi connectivity index (χ4n) is 4.14. The number of rotatable bonds is 8. The number of hydrogen-bond donors (Lipinski definition) is 0. The molecule has 0 spiro atoms. The van der Waals surface area contributed by atoms with Crippen LogP contribution in [0.15, 0.2) is 91.0 Å². The summed E-state index contributed by atoms with van der Waals surface area (Å²) in [5, 5.41) is 0. The van der Waals surface area contributed by atoms with E-state index in [-0.39, 0.29) is 25.1 Å². The predicted octanol–water partition coefficient (Wildman–Crippen LogP) is 4.77. The van der Waals surface area contributed by atoms with E-state index < -0.39 is 5.60 Å². The first kappa shape index (κ1) is 22.3. The molecule has 1 heterocycles. The molecular formula is C28H28O4. The highest BCUT2D eigenvalue weighted by atomic mass is 16.7. The van der Waals surface area contributed by atoms with Crippen molar-refractivity contribution in [1.82, 2.24) is 0 Å². The number of benzene rings is 3. The molecule has 1 unspecified atom stereocenters. The van der Waals surface area contributed by atoms with Crippen molar-refractivity contribution >= 4 is 0 Å². The zero-order chi connectivity index (χ0) is 22.2. The third kappa shape index (κ3) is 4.77. The molecule has 4 nitrogen and oxygen atoms in total. The van der Waals surface area contributed by atoms with Crippen molar-refractivity contribution in [2.24, 2.45) is 0 Å². The highest BCUT2D eigenvalue weighted by molar-refractivity contribution is 5.47. The summed E-state index contributed by atoms with van der Waals surface area (Å²) >= 11 is 0. The molecule has 1 aliphatic heterocycles. The second kappa shape index (κ2) is 10.6. The first-order chi connectivity index (χ1) is 15.7. The predicted molar refractivity (Wildman–Crippen MR) is 124 cm³/mol. The van der Waals surface area contributed by atoms with Gasteiger partial charge in [0.1, 0.15) is 24.4 Å². The highest BCUT2D eigenvalue weighted by Crippen LogP contribution is 2.40. The first-order valence-corrected chi connectivity index (χ1v) is 10.9. The Morgan fingerprint density at radius 1 is 0.875 bits per heavy atom. The van der Waals surface area contributed by atoms with Gasteiger partial charge in [0.05, 0.1) is 13.2 Å². The van der Waals surface area contributed by atoms with Crippen LogP contribution in [0, 0.1) is 12.3 Å². The Balaban J connectivity index is 1.75. The van der Waals surface area contributed by atoms with Gasteiger partial charge in [-0.15, -0.1) is 6.42 Å². The van der Waals surface area contributed by atoms with E-state index in [0.717, 1.165) is 16.7 Å². The third-order valence-corrected chi connectivity index (χ3v) is 5.66. The summed E-state index contributed by atoms with van der Waals surface area (Å²) in [6, 6.07) is 30.8. The van der Waals surface area contributed by atoms with Crippen molar-refractivity contribution in [3.05, 3.63) is 108 Å². The van der Waals surface area contributed by atoms with Crippen LogP contribution in [-0.2, 0) is 24.5 Å². The smallest absolute Gasteiger partial charge is 0.155 e. The van der Waals surface area contributed by atoms with Gasteiger partial charge in [-0.3, -0.25) is 0 Å². The standard InChI is InChI=1S/C28H28O4/c1-3-19-29-26-20-30-22(2)32-27(26)21-31-28(23-13-7-4-8-14-23,24-15-9-5-10-16-24)25-17-11-6-12-18-25/h1,4-18,22,26-27H,19-21H2,2H3/t22?,26-,27+/m1/s1. The van der Waals surface area contributed by atoms with E-state index in [4.69, 9.17) is 25.4 Å². The molecule has 1 fully saturated rings. The molecular weight excluding hydrogens is 400 g/mol. The lowest BCUT2D eigenvalue weighted by molar-refractivity contribution is -0.265. The Bertz CT molecular complexity index is 901. The van der Waals surface area contributed by atoms with Crippen molar-refractivity contribution in [3.63, 3.8) is 0 Å². The van der Waals surface area contributed by atoms with Gasteiger partial charge in [0.25, 0.3) is 0 Å². The lowest BCUT2D eigenvalue weighted by atomic mass is 9.80. The molecule has 0 aliphatic carbocycles. The van der Waals surface area contributed by atoms with Crippen LogP contribution in [0.2, 0.25) is 0 Å². The molecule has 164 valence electrons. The Morgan fingerprint density at radius 2 is 1.38 bits per heavy atom. The Labute approximate surface area is 190 Å². The van der Waals surface area contributed by atoms with Gasteiger partial charge >= 0.3 is 0 Å². The molecule has 0 saturated carbocycles. The highest BCUT2D eigenvalue weighted by Gasteiger charge is 2.40. The van der Waals surface area contributed by atoms with Gasteiger partial charge in [-0.25, -0.2) is 0 Å². The van der Waals surface area contributed by atoms with Crippen LogP contribution < -0.4 is 0 Å². The minimum Gasteiger partial charge on any atom is -0.360 e. The van der Waals surface area contributed by atoms with Gasteiger partial charge in [0, 0.05) is 0 Å². The molecule has 3 aromatic carbocycles. The molecule has 0 N–H and O–H groups in total. The monoisotopic (exact) mass is 428 g/mol. The van der Waals surface area contributed by atoms with E-state index in [1.807, 2.05) is 61.5 Å². The van der Waals surface area contributed by atoms with E-state index in [2.05, 4.69) is 42.3 Å². The van der Waals surface area contributed by atoms with Crippen LogP contribution >= 0.6 is 0 Å². The molecule has 0 amide bonds. The van der Waals surface area contributed by atoms with E-state index in [9.17, 15) is 0 Å². The van der Waals surface area contributed by atoms with Gasteiger partial charge in [-0.05, 0) is 23.6 Å². The zero-order valence-corrected chi connectivity index (χ0v) is 18.2. The number of ether oxygens (including phenoxy) is 4. The fourth-order valence-corrected chi connectivity index (χ4v) is 4.14. The largest absolute Gasteiger partial charge is 0.360 e. The lowest BCUT2D eigenvalue weighted by Gasteiger charge is -2.40. The Kier molecular flexibility index (Phi) is 7.36. The number of hydrogen-bond acceptors (Lipinski definition) is 4. The maximum Gasteiger partial charge on any atom is 0.155 e. The van der Waals surface area contributed by atoms with Gasteiger partial charge in [0.15, 0.2) is 6.29 Å². The van der Waals surface area contributed by atoms with Crippen LogP contribution in [0.25, 0.3) is 0 Å². The van der Waals surface area contributed by atoms with Crippen molar-refractivity contribution in [2.45, 2.75) is 31.0 Å². The minimum atomic E-state index is -0.814. The van der Waals surface area contributed by atoms with Gasteiger partial charge in [-0.1, -0.05) is 96.9 Å². The lowest BCUT2D eigenvalue weighted by Crippen LogP contribution is -2.48. The third-order valence-electron chi connectivity index (χ3n) is 5.66. The molecule has 32 heavy (non-hydrogen) atoms. The van der Waals surface area contributed by atoms with Gasteiger partial charge in [-0.2, -0.15) is 0 Å². The molecule has 0 bridgehead atoms. The quantitative estimate of drug-likeness (QED) is 0.382. The normalized spacial score (nSPS) is 21.1.